The first kappa shape index (κ1) is 11.9. The average molecular weight is 326 g/mol. The highest BCUT2D eigenvalue weighted by Gasteiger charge is 2.17. The van der Waals surface area contributed by atoms with E-state index in [2.05, 4.69) is 31.2 Å². The third-order valence-electron chi connectivity index (χ3n) is 2.96. The predicted octanol–water partition coefficient (Wildman–Crippen LogP) is 3.36. The van der Waals surface area contributed by atoms with Gasteiger partial charge in [0.25, 0.3) is 5.91 Å². The van der Waals surface area contributed by atoms with Crippen LogP contribution in [0.4, 0.5) is 5.13 Å². The number of nitrogens with zero attached hydrogens (tertiary/aromatic N) is 1. The summed E-state index contributed by atoms with van der Waals surface area (Å²) >= 11 is 4.90. The molecule has 0 saturated heterocycles. The van der Waals surface area contributed by atoms with E-state index in [-0.39, 0.29) is 5.91 Å². The van der Waals surface area contributed by atoms with E-state index in [9.17, 15) is 4.79 Å². The Morgan fingerprint density at radius 3 is 3.00 bits per heavy atom. The van der Waals surface area contributed by atoms with Crippen LogP contribution in [0.3, 0.4) is 0 Å². The van der Waals surface area contributed by atoms with Crippen molar-refractivity contribution in [2.75, 3.05) is 5.32 Å². The van der Waals surface area contributed by atoms with Crippen molar-refractivity contribution in [1.82, 2.24) is 9.97 Å². The fourth-order valence-electron chi connectivity index (χ4n) is 2.07. The summed E-state index contributed by atoms with van der Waals surface area (Å²) in [6.07, 6.45) is 6.30. The number of aromatic nitrogens is 2. The summed E-state index contributed by atoms with van der Waals surface area (Å²) in [5.74, 6) is -0.146. The van der Waals surface area contributed by atoms with Crippen molar-refractivity contribution in [3.8, 4) is 0 Å². The largest absolute Gasteiger partial charge is 0.356 e. The number of nitrogens with one attached hydrogen (secondary N) is 2. The monoisotopic (exact) mass is 325 g/mol. The number of carbonyl (C=O) groups excluding carboxylic acids is 1. The van der Waals surface area contributed by atoms with Crippen molar-refractivity contribution in [3.63, 3.8) is 0 Å². The maximum absolute atomic E-state index is 11.9. The zero-order valence-corrected chi connectivity index (χ0v) is 12.0. The number of hydrogen-bond donors (Lipinski definition) is 2. The number of hydrogen-bond acceptors (Lipinski definition) is 3. The second-order valence-electron chi connectivity index (χ2n) is 4.28. The Balaban J connectivity index is 1.76. The van der Waals surface area contributed by atoms with E-state index < -0.39 is 0 Å². The van der Waals surface area contributed by atoms with Crippen LogP contribution in [0.2, 0.25) is 0 Å². The molecule has 94 valence electrons. The molecular weight excluding hydrogens is 314 g/mol. The number of rotatable bonds is 2. The quantitative estimate of drug-likeness (QED) is 0.889. The van der Waals surface area contributed by atoms with Crippen LogP contribution in [-0.4, -0.2) is 15.9 Å². The standard InChI is InChI=1S/C12H12BrN3OS/c13-7-5-9(14-6-7)11(17)16-12-15-8-3-1-2-4-10(8)18-12/h5-6,14H,1-4H2,(H,15,16,17). The molecule has 3 rings (SSSR count). The molecule has 1 amide bonds. The molecule has 1 aliphatic carbocycles. The third-order valence-corrected chi connectivity index (χ3v) is 4.49. The van der Waals surface area contributed by atoms with Crippen molar-refractivity contribution in [1.29, 1.82) is 0 Å². The van der Waals surface area contributed by atoms with E-state index in [4.69, 9.17) is 0 Å². The van der Waals surface area contributed by atoms with Gasteiger partial charge in [0.1, 0.15) is 5.69 Å². The SMILES string of the molecule is O=C(Nc1nc2c(s1)CCCC2)c1cc(Br)c[nH]1. The molecule has 18 heavy (non-hydrogen) atoms. The van der Waals surface area contributed by atoms with Crippen LogP contribution in [0.25, 0.3) is 0 Å². The third kappa shape index (κ3) is 2.35. The molecule has 0 unspecified atom stereocenters. The molecule has 0 radical (unpaired) electrons. The molecule has 0 aromatic carbocycles. The second kappa shape index (κ2) is 4.85. The number of fused-ring (bicyclic) bond motifs is 1. The van der Waals surface area contributed by atoms with Crippen LogP contribution in [0, 0.1) is 0 Å². The van der Waals surface area contributed by atoms with Gasteiger partial charge in [0.15, 0.2) is 5.13 Å². The van der Waals surface area contributed by atoms with Gasteiger partial charge in [-0.3, -0.25) is 10.1 Å². The second-order valence-corrected chi connectivity index (χ2v) is 6.28. The number of anilines is 1. The molecule has 1 aliphatic rings. The normalized spacial score (nSPS) is 14.3. The molecule has 6 heteroatoms. The Morgan fingerprint density at radius 2 is 2.28 bits per heavy atom. The lowest BCUT2D eigenvalue weighted by Gasteiger charge is -2.06. The van der Waals surface area contributed by atoms with Crippen LogP contribution in [0.5, 0.6) is 0 Å². The number of H-pyrrole nitrogens is 1. The Hall–Kier alpha value is -1.14. The zero-order valence-electron chi connectivity index (χ0n) is 9.62. The molecule has 0 bridgehead atoms. The summed E-state index contributed by atoms with van der Waals surface area (Å²) in [6.45, 7) is 0. The van der Waals surface area contributed by atoms with Gasteiger partial charge in [-0.2, -0.15) is 0 Å². The van der Waals surface area contributed by atoms with Crippen molar-refractivity contribution < 1.29 is 4.79 Å². The Bertz CT molecular complexity index is 566. The lowest BCUT2D eigenvalue weighted by atomic mass is 10.0. The van der Waals surface area contributed by atoms with Gasteiger partial charge >= 0.3 is 0 Å². The molecule has 2 heterocycles. The minimum Gasteiger partial charge on any atom is -0.356 e. The number of amides is 1. The molecule has 0 spiro atoms. The topological polar surface area (TPSA) is 57.8 Å². The summed E-state index contributed by atoms with van der Waals surface area (Å²) in [5.41, 5.74) is 1.70. The molecule has 0 aliphatic heterocycles. The zero-order chi connectivity index (χ0) is 12.5. The minimum absolute atomic E-state index is 0.146. The van der Waals surface area contributed by atoms with Gasteiger partial charge in [0.2, 0.25) is 0 Å². The highest BCUT2D eigenvalue weighted by Crippen LogP contribution is 2.29. The Morgan fingerprint density at radius 1 is 1.44 bits per heavy atom. The minimum atomic E-state index is -0.146. The first-order chi connectivity index (χ1) is 8.72. The van der Waals surface area contributed by atoms with Crippen LogP contribution in [-0.2, 0) is 12.8 Å². The highest BCUT2D eigenvalue weighted by atomic mass is 79.9. The lowest BCUT2D eigenvalue weighted by Crippen LogP contribution is -2.12. The summed E-state index contributed by atoms with van der Waals surface area (Å²) in [5, 5.41) is 3.55. The van der Waals surface area contributed by atoms with Gasteiger partial charge in [0.05, 0.1) is 5.69 Å². The summed E-state index contributed by atoms with van der Waals surface area (Å²) in [6, 6.07) is 1.75. The van der Waals surface area contributed by atoms with Crippen molar-refractivity contribution >= 4 is 38.3 Å². The van der Waals surface area contributed by atoms with E-state index in [0.29, 0.717) is 10.8 Å². The summed E-state index contributed by atoms with van der Waals surface area (Å²) < 4.78 is 0.867. The van der Waals surface area contributed by atoms with Crippen LogP contribution < -0.4 is 5.32 Å². The van der Waals surface area contributed by atoms with Gasteiger partial charge in [-0.05, 0) is 47.7 Å². The van der Waals surface area contributed by atoms with Gasteiger partial charge in [-0.15, -0.1) is 11.3 Å². The van der Waals surface area contributed by atoms with Crippen molar-refractivity contribution in [3.05, 3.63) is 33.0 Å². The first-order valence-electron chi connectivity index (χ1n) is 5.86. The number of carbonyl (C=O) groups is 1. The van der Waals surface area contributed by atoms with Crippen LogP contribution in [0.15, 0.2) is 16.7 Å². The fourth-order valence-corrected chi connectivity index (χ4v) is 3.46. The van der Waals surface area contributed by atoms with E-state index in [1.54, 1.807) is 23.6 Å². The Kier molecular flexibility index (Phi) is 3.22. The van der Waals surface area contributed by atoms with E-state index >= 15 is 0 Å². The summed E-state index contributed by atoms with van der Waals surface area (Å²) in [7, 11) is 0. The predicted molar refractivity (Wildman–Crippen MR) is 75.2 cm³/mol. The number of halogens is 1. The van der Waals surface area contributed by atoms with Crippen molar-refractivity contribution in [2.45, 2.75) is 25.7 Å². The fraction of sp³-hybridized carbons (Fsp3) is 0.333. The van der Waals surface area contributed by atoms with Gasteiger partial charge in [0, 0.05) is 15.5 Å². The van der Waals surface area contributed by atoms with Gasteiger partial charge in [-0.25, -0.2) is 4.98 Å². The van der Waals surface area contributed by atoms with Gasteiger partial charge in [-0.1, -0.05) is 0 Å². The number of thiazole rings is 1. The molecule has 0 atom stereocenters. The molecule has 2 N–H and O–H groups in total. The van der Waals surface area contributed by atoms with Crippen molar-refractivity contribution in [2.24, 2.45) is 0 Å². The maximum Gasteiger partial charge on any atom is 0.273 e. The molecule has 2 aromatic rings. The molecular formula is C12H12BrN3OS. The van der Waals surface area contributed by atoms with E-state index in [1.165, 1.54) is 17.7 Å². The number of aryl methyl sites for hydroxylation is 2. The smallest absolute Gasteiger partial charge is 0.273 e. The van der Waals surface area contributed by atoms with E-state index in [0.717, 1.165) is 23.0 Å². The summed E-state index contributed by atoms with van der Waals surface area (Å²) in [4.78, 5) is 20.7. The highest BCUT2D eigenvalue weighted by molar-refractivity contribution is 9.10. The maximum atomic E-state index is 11.9. The molecule has 4 nitrogen and oxygen atoms in total. The van der Waals surface area contributed by atoms with E-state index in [1.807, 2.05) is 0 Å². The molecule has 0 saturated carbocycles. The molecule has 0 fully saturated rings. The molecule has 2 aromatic heterocycles. The van der Waals surface area contributed by atoms with Gasteiger partial charge < -0.3 is 4.98 Å². The average Bonchev–Trinajstić information content (AvgIpc) is 2.94. The first-order valence-corrected chi connectivity index (χ1v) is 7.47. The van der Waals surface area contributed by atoms with Crippen LogP contribution in [0.1, 0.15) is 33.9 Å². The number of aromatic amines is 1. The Labute approximate surface area is 117 Å². The van der Waals surface area contributed by atoms with Crippen LogP contribution >= 0.6 is 27.3 Å². The lowest BCUT2D eigenvalue weighted by molar-refractivity contribution is 0.102.